The highest BCUT2D eigenvalue weighted by Crippen LogP contribution is 2.53. The summed E-state index contributed by atoms with van der Waals surface area (Å²) in [5.74, 6) is -1.53. The highest BCUT2D eigenvalue weighted by atomic mass is 16.7. The molecule has 0 radical (unpaired) electrons. The van der Waals surface area contributed by atoms with Gasteiger partial charge >= 0.3 is 0 Å². The van der Waals surface area contributed by atoms with E-state index in [0.29, 0.717) is 24.3 Å². The van der Waals surface area contributed by atoms with Crippen molar-refractivity contribution in [3.05, 3.63) is 17.7 Å². The van der Waals surface area contributed by atoms with Crippen molar-refractivity contribution in [3.63, 3.8) is 0 Å². The summed E-state index contributed by atoms with van der Waals surface area (Å²) in [7, 11) is 0. The lowest BCUT2D eigenvalue weighted by Gasteiger charge is -2.41. The number of nitrogens with zero attached hydrogens (tertiary/aromatic N) is 1. The Labute approximate surface area is 149 Å². The third kappa shape index (κ3) is 1.88. The molecule has 5 aliphatic rings. The Kier molecular flexibility index (Phi) is 3.08. The summed E-state index contributed by atoms with van der Waals surface area (Å²) in [6.07, 6.45) is 1.84. The average Bonchev–Trinajstić information content (AvgIpc) is 3.17. The Bertz CT molecular complexity index is 890. The lowest BCUT2D eigenvalue weighted by atomic mass is 9.59. The molecule has 2 bridgehead atoms. The van der Waals surface area contributed by atoms with E-state index in [1.54, 1.807) is 0 Å². The number of ketones is 2. The number of carbonyl (C=O) groups excluding carboxylic acids is 4. The first-order chi connectivity index (χ1) is 12.5. The van der Waals surface area contributed by atoms with Crippen molar-refractivity contribution in [1.29, 1.82) is 0 Å². The van der Waals surface area contributed by atoms with E-state index < -0.39 is 11.8 Å². The molecule has 0 unspecified atom stereocenters. The van der Waals surface area contributed by atoms with E-state index >= 15 is 0 Å². The van der Waals surface area contributed by atoms with Gasteiger partial charge in [0.1, 0.15) is 5.78 Å². The summed E-state index contributed by atoms with van der Waals surface area (Å²) in [6, 6.07) is 3.04. The van der Waals surface area contributed by atoms with Gasteiger partial charge in [-0.05, 0) is 31.7 Å². The fourth-order valence-corrected chi connectivity index (χ4v) is 5.02. The van der Waals surface area contributed by atoms with Crippen molar-refractivity contribution in [2.24, 2.45) is 23.7 Å². The van der Waals surface area contributed by atoms with Crippen LogP contribution in [0.4, 0.5) is 5.69 Å². The summed E-state index contributed by atoms with van der Waals surface area (Å²) in [4.78, 5) is 51.8. The molecule has 1 aromatic carbocycles. The molecule has 7 heteroatoms. The van der Waals surface area contributed by atoms with Crippen LogP contribution in [0, 0.1) is 23.7 Å². The fourth-order valence-electron chi connectivity index (χ4n) is 5.02. The van der Waals surface area contributed by atoms with Crippen LogP contribution in [0.1, 0.15) is 36.5 Å². The summed E-state index contributed by atoms with van der Waals surface area (Å²) < 4.78 is 10.7. The van der Waals surface area contributed by atoms with Gasteiger partial charge in [-0.25, -0.2) is 4.90 Å². The third-order valence-corrected chi connectivity index (χ3v) is 6.18. The molecule has 2 aliphatic heterocycles. The van der Waals surface area contributed by atoms with Gasteiger partial charge in [0, 0.05) is 24.0 Å². The molecule has 0 aromatic heterocycles. The number of amides is 2. The smallest absolute Gasteiger partial charge is 0.238 e. The zero-order chi connectivity index (χ0) is 18.2. The largest absolute Gasteiger partial charge is 0.454 e. The van der Waals surface area contributed by atoms with Crippen molar-refractivity contribution in [3.8, 4) is 11.5 Å². The molecule has 26 heavy (non-hydrogen) atoms. The van der Waals surface area contributed by atoms with Gasteiger partial charge in [-0.1, -0.05) is 0 Å². The number of anilines is 1. The van der Waals surface area contributed by atoms with Crippen LogP contribution >= 0.6 is 0 Å². The molecule has 2 amide bonds. The maximum Gasteiger partial charge on any atom is 0.238 e. The first-order valence-electron chi connectivity index (χ1n) is 8.82. The maximum absolute atomic E-state index is 13.1. The molecule has 4 atom stereocenters. The number of Topliss-reactive ketones (excluding diaryl/α,β-unsaturated/α-hetero) is 2. The van der Waals surface area contributed by atoms with Gasteiger partial charge in [0.25, 0.3) is 0 Å². The number of imide groups is 1. The van der Waals surface area contributed by atoms with Crippen molar-refractivity contribution in [2.75, 3.05) is 11.7 Å². The van der Waals surface area contributed by atoms with Crippen LogP contribution in [0.25, 0.3) is 0 Å². The molecule has 2 heterocycles. The zero-order valence-electron chi connectivity index (χ0n) is 14.2. The monoisotopic (exact) mass is 355 g/mol. The predicted molar refractivity (Wildman–Crippen MR) is 87.9 cm³/mol. The molecule has 0 spiro atoms. The van der Waals surface area contributed by atoms with E-state index in [9.17, 15) is 19.2 Å². The fraction of sp³-hybridized carbons (Fsp3) is 0.474. The number of fused-ring (bicyclic) bond motifs is 3. The van der Waals surface area contributed by atoms with Crippen LogP contribution in [-0.2, 0) is 14.4 Å². The molecule has 134 valence electrons. The lowest BCUT2D eigenvalue weighted by Crippen LogP contribution is -2.46. The van der Waals surface area contributed by atoms with E-state index in [4.69, 9.17) is 9.47 Å². The third-order valence-electron chi connectivity index (χ3n) is 6.18. The Balaban J connectivity index is 1.63. The van der Waals surface area contributed by atoms with Gasteiger partial charge in [-0.15, -0.1) is 0 Å². The number of benzene rings is 1. The van der Waals surface area contributed by atoms with Gasteiger partial charge < -0.3 is 9.47 Å². The Morgan fingerprint density at radius 2 is 1.73 bits per heavy atom. The van der Waals surface area contributed by atoms with E-state index in [1.165, 1.54) is 19.1 Å². The molecular formula is C19H17NO6. The van der Waals surface area contributed by atoms with E-state index in [1.807, 2.05) is 0 Å². The van der Waals surface area contributed by atoms with Gasteiger partial charge in [-0.2, -0.15) is 0 Å². The summed E-state index contributed by atoms with van der Waals surface area (Å²) in [6.45, 7) is 1.41. The average molecular weight is 355 g/mol. The van der Waals surface area contributed by atoms with Crippen molar-refractivity contribution < 1.29 is 28.7 Å². The molecule has 6 rings (SSSR count). The molecule has 3 saturated carbocycles. The van der Waals surface area contributed by atoms with Crippen LogP contribution < -0.4 is 14.4 Å². The second-order valence-corrected chi connectivity index (χ2v) is 7.46. The van der Waals surface area contributed by atoms with Gasteiger partial charge in [-0.3, -0.25) is 19.2 Å². The van der Waals surface area contributed by atoms with E-state index in [-0.39, 0.29) is 53.3 Å². The lowest BCUT2D eigenvalue weighted by molar-refractivity contribution is -0.143. The van der Waals surface area contributed by atoms with E-state index in [2.05, 4.69) is 0 Å². The van der Waals surface area contributed by atoms with E-state index in [0.717, 1.165) is 11.3 Å². The van der Waals surface area contributed by atoms with Crippen LogP contribution in [-0.4, -0.2) is 30.2 Å². The van der Waals surface area contributed by atoms with Crippen molar-refractivity contribution >= 4 is 29.1 Å². The molecular weight excluding hydrogens is 338 g/mol. The van der Waals surface area contributed by atoms with Crippen molar-refractivity contribution in [2.45, 2.75) is 26.2 Å². The van der Waals surface area contributed by atoms with Crippen LogP contribution in [0.2, 0.25) is 0 Å². The molecule has 0 N–H and O–H groups in total. The molecule has 7 nitrogen and oxygen atoms in total. The first-order valence-corrected chi connectivity index (χ1v) is 8.82. The number of hydrogen-bond donors (Lipinski definition) is 0. The number of rotatable bonds is 2. The van der Waals surface area contributed by atoms with Crippen LogP contribution in [0.3, 0.4) is 0 Å². The highest BCUT2D eigenvalue weighted by Gasteiger charge is 2.61. The Morgan fingerprint density at radius 1 is 1.04 bits per heavy atom. The minimum absolute atomic E-state index is 0.0297. The van der Waals surface area contributed by atoms with Gasteiger partial charge in [0.05, 0.1) is 17.5 Å². The zero-order valence-corrected chi connectivity index (χ0v) is 14.2. The predicted octanol–water partition coefficient (Wildman–Crippen LogP) is 1.72. The SMILES string of the molecule is CC(=O)c1cc2c(cc1N1C(=O)[C@@H]3[C@H]4CC[C@H](C(=O)C4)[C@@H]3C1=O)OCO2. The standard InChI is InChI=1S/C19H17NO6/c1-8(21)11-5-14-15(26-7-25-14)6-12(11)20-18(23)16-9-2-3-10(13(22)4-9)17(16)19(20)24/h5-6,9-10,16-17H,2-4,7H2,1H3/t9-,10+,16+,17-/m0/s1. The molecule has 1 saturated heterocycles. The quantitative estimate of drug-likeness (QED) is 0.593. The number of ether oxygens (including phenoxy) is 2. The highest BCUT2D eigenvalue weighted by molar-refractivity contribution is 6.25. The number of carbonyl (C=O) groups is 4. The number of hydrogen-bond acceptors (Lipinski definition) is 6. The Hall–Kier alpha value is -2.70. The van der Waals surface area contributed by atoms with Crippen LogP contribution in [0.5, 0.6) is 11.5 Å². The summed E-state index contributed by atoms with van der Waals surface area (Å²) >= 11 is 0. The Morgan fingerprint density at radius 3 is 2.42 bits per heavy atom. The minimum Gasteiger partial charge on any atom is -0.454 e. The maximum atomic E-state index is 13.1. The first kappa shape index (κ1) is 15.5. The summed E-state index contributed by atoms with van der Waals surface area (Å²) in [5, 5.41) is 0. The van der Waals surface area contributed by atoms with Gasteiger partial charge in [0.15, 0.2) is 17.3 Å². The topological polar surface area (TPSA) is 90.0 Å². The molecule has 3 aliphatic carbocycles. The molecule has 1 aromatic rings. The van der Waals surface area contributed by atoms with Gasteiger partial charge in [0.2, 0.25) is 18.6 Å². The second-order valence-electron chi connectivity index (χ2n) is 7.46. The second kappa shape index (κ2) is 5.16. The minimum atomic E-state index is -0.590. The molecule has 4 fully saturated rings. The summed E-state index contributed by atoms with van der Waals surface area (Å²) in [5.41, 5.74) is 0.478. The normalized spacial score (nSPS) is 31.6. The van der Waals surface area contributed by atoms with Crippen LogP contribution in [0.15, 0.2) is 12.1 Å². The van der Waals surface area contributed by atoms with Crippen molar-refractivity contribution in [1.82, 2.24) is 0 Å².